The van der Waals surface area contributed by atoms with Crippen molar-refractivity contribution in [1.29, 1.82) is 0 Å². The third-order valence-electron chi connectivity index (χ3n) is 7.05. The van der Waals surface area contributed by atoms with Gasteiger partial charge in [0, 0.05) is 15.7 Å². The number of halogens is 1. The molecule has 0 atom stereocenters. The van der Waals surface area contributed by atoms with Crippen LogP contribution in [0.5, 0.6) is 0 Å². The second-order valence-corrected chi connectivity index (χ2v) is 9.98. The zero-order valence-electron chi connectivity index (χ0n) is 22.2. The summed E-state index contributed by atoms with van der Waals surface area (Å²) < 4.78 is 0. The molecule has 4 aromatic carbocycles. The van der Waals surface area contributed by atoms with Crippen LogP contribution >= 0.6 is 0 Å². The fraction of sp³-hybridized carbons (Fsp3) is 0.258. The lowest BCUT2D eigenvalue weighted by molar-refractivity contribution is -0.733. The Kier molecular flexibility index (Phi) is 9.19. The van der Waals surface area contributed by atoms with Crippen molar-refractivity contribution in [2.45, 2.75) is 40.2 Å². The van der Waals surface area contributed by atoms with E-state index >= 15 is 0 Å². The summed E-state index contributed by atoms with van der Waals surface area (Å²) in [4.78, 5) is 3.73. The molecule has 0 aliphatic rings. The van der Waals surface area contributed by atoms with Crippen LogP contribution in [0.3, 0.4) is 0 Å². The lowest BCUT2D eigenvalue weighted by atomic mass is 9.80. The van der Waals surface area contributed by atoms with Crippen LogP contribution in [-0.4, -0.2) is 20.5 Å². The Hall–Kier alpha value is -3.54. The summed E-state index contributed by atoms with van der Waals surface area (Å²) in [7, 11) is 0. The first-order valence-electron chi connectivity index (χ1n) is 12.6. The van der Waals surface area contributed by atoms with Crippen LogP contribution in [-0.2, 0) is 0 Å². The first-order chi connectivity index (χ1) is 17.3. The predicted octanol–water partition coefficient (Wildman–Crippen LogP) is 3.38. The van der Waals surface area contributed by atoms with E-state index in [4.69, 9.17) is 15.9 Å². The smallest absolute Gasteiger partial charge is 0.340 e. The zero-order valence-corrected chi connectivity index (χ0v) is 23.0. The van der Waals surface area contributed by atoms with Crippen LogP contribution < -0.4 is 22.9 Å². The molecule has 0 bridgehead atoms. The molecule has 0 spiro atoms. The molecule has 37 heavy (non-hydrogen) atoms. The molecule has 0 radical (unpaired) electrons. The zero-order chi connectivity index (χ0) is 25.7. The Morgan fingerprint density at radius 1 is 0.730 bits per heavy atom. The topological polar surface area (TPSA) is 60.6 Å². The van der Waals surface area contributed by atoms with Gasteiger partial charge in [-0.05, 0) is 70.4 Å². The van der Waals surface area contributed by atoms with Crippen LogP contribution in [0.4, 0.5) is 0 Å². The van der Waals surface area contributed by atoms with E-state index in [0.717, 1.165) is 22.3 Å². The van der Waals surface area contributed by atoms with E-state index < -0.39 is 0 Å². The number of benzene rings is 4. The van der Waals surface area contributed by atoms with E-state index in [1.807, 2.05) is 82.4 Å². The van der Waals surface area contributed by atoms with Gasteiger partial charge >= 0.3 is 5.82 Å². The number of fused-ring (bicyclic) bond motifs is 1. The summed E-state index contributed by atoms with van der Waals surface area (Å²) in [5.74, 6) is 1.82. The molecule has 5 rings (SSSR count). The highest BCUT2D eigenvalue weighted by atomic mass is 35.5. The minimum atomic E-state index is 0. The van der Waals surface area contributed by atoms with Crippen LogP contribution in [0.1, 0.15) is 34.6 Å². The Morgan fingerprint density at radius 3 is 1.86 bits per heavy atom. The average molecular weight is 514 g/mol. The monoisotopic (exact) mass is 513 g/mol. The van der Waals surface area contributed by atoms with Crippen LogP contribution in [0.15, 0.2) is 103 Å². The fourth-order valence-corrected chi connectivity index (χ4v) is 3.92. The molecular weight excluding hydrogens is 478 g/mol. The van der Waals surface area contributed by atoms with Crippen LogP contribution in [0.25, 0.3) is 33.5 Å². The number of para-hydroxylation sites is 1. The summed E-state index contributed by atoms with van der Waals surface area (Å²) in [6, 6.07) is 34.7. The molecule has 0 unspecified atom stereocenters. The Balaban J connectivity index is 0.000000330. The van der Waals surface area contributed by atoms with Crippen LogP contribution in [0.2, 0.25) is 0 Å². The summed E-state index contributed by atoms with van der Waals surface area (Å²) in [6.07, 6.45) is 0. The predicted molar refractivity (Wildman–Crippen MR) is 148 cm³/mol. The Morgan fingerprint density at radius 2 is 1.27 bits per heavy atom. The Bertz CT molecular complexity index is 1390. The summed E-state index contributed by atoms with van der Waals surface area (Å²) in [6.45, 7) is 10.8. The first-order valence-corrected chi connectivity index (χ1v) is 12.6. The van der Waals surface area contributed by atoms with Gasteiger partial charge in [-0.1, -0.05) is 94.4 Å². The molecule has 0 amide bonds. The second kappa shape index (κ2) is 12.1. The van der Waals surface area contributed by atoms with Crippen molar-refractivity contribution in [2.24, 2.45) is 17.6 Å². The molecular formula is C31H36ClN5. The number of aromatic nitrogens is 4. The Labute approximate surface area is 226 Å². The molecule has 0 aliphatic carbocycles. The maximum atomic E-state index is 6.00. The van der Waals surface area contributed by atoms with E-state index in [1.165, 1.54) is 5.39 Å². The molecule has 192 valence electrons. The normalized spacial score (nSPS) is 11.2. The van der Waals surface area contributed by atoms with E-state index in [2.05, 4.69) is 65.0 Å². The van der Waals surface area contributed by atoms with Gasteiger partial charge in [0.1, 0.15) is 5.69 Å². The summed E-state index contributed by atoms with van der Waals surface area (Å²) in [5, 5.41) is 12.0. The van der Waals surface area contributed by atoms with Gasteiger partial charge in [-0.15, -0.1) is 0 Å². The third-order valence-corrected chi connectivity index (χ3v) is 7.05. The SMILES string of the molecule is CC(C)C(C)(N)C(C)C.[Cl-].c1ccc(-c2nn(-c3ccccc3)[n+](-c3cccc4ccccc34)n2)cc1. The summed E-state index contributed by atoms with van der Waals surface area (Å²) in [5.41, 5.74) is 8.94. The second-order valence-electron chi connectivity index (χ2n) is 9.98. The highest BCUT2D eigenvalue weighted by Gasteiger charge is 2.26. The van der Waals surface area contributed by atoms with Gasteiger partial charge in [-0.3, -0.25) is 0 Å². The van der Waals surface area contributed by atoms with Gasteiger partial charge in [0.2, 0.25) is 0 Å². The number of rotatable bonds is 5. The average Bonchev–Trinajstić information content (AvgIpc) is 3.35. The number of tetrazole rings is 1. The molecule has 5 aromatic rings. The number of nitrogens with two attached hydrogens (primary N) is 1. The van der Waals surface area contributed by atoms with Crippen molar-refractivity contribution in [3.8, 4) is 22.8 Å². The van der Waals surface area contributed by atoms with Crippen molar-refractivity contribution < 1.29 is 17.2 Å². The highest BCUT2D eigenvalue weighted by molar-refractivity contribution is 5.88. The van der Waals surface area contributed by atoms with E-state index in [9.17, 15) is 0 Å². The maximum absolute atomic E-state index is 6.00. The van der Waals surface area contributed by atoms with E-state index in [0.29, 0.717) is 17.7 Å². The molecule has 6 heteroatoms. The molecule has 0 fully saturated rings. The van der Waals surface area contributed by atoms with Gasteiger partial charge < -0.3 is 18.1 Å². The van der Waals surface area contributed by atoms with Crippen molar-refractivity contribution in [2.75, 3.05) is 0 Å². The first kappa shape index (κ1) is 28.0. The van der Waals surface area contributed by atoms with Gasteiger partial charge in [0.25, 0.3) is 0 Å². The van der Waals surface area contributed by atoms with Crippen LogP contribution in [0, 0.1) is 11.8 Å². The lowest BCUT2D eigenvalue weighted by Crippen LogP contribution is -3.00. The number of hydrogen-bond donors (Lipinski definition) is 1. The van der Waals surface area contributed by atoms with Gasteiger partial charge in [0.15, 0.2) is 5.69 Å². The number of hydrogen-bond acceptors (Lipinski definition) is 3. The van der Waals surface area contributed by atoms with Crippen molar-refractivity contribution in [3.05, 3.63) is 103 Å². The molecule has 0 saturated heterocycles. The summed E-state index contributed by atoms with van der Waals surface area (Å²) >= 11 is 0. The highest BCUT2D eigenvalue weighted by Crippen LogP contribution is 2.22. The standard InChI is InChI=1S/C23H17N4.C8H19N.ClH/c1-3-11-19(12-4-1)23-24-26(20-14-5-2-6-15-20)27(25-23)22-17-9-13-18-10-7-8-16-21(18)22;1-6(2)8(5,9)7(3)4;/h1-17H;6-7H,9H2,1-5H3;1H/q+1;;/p-1. The molecule has 0 saturated carbocycles. The molecule has 2 N–H and O–H groups in total. The lowest BCUT2D eigenvalue weighted by Gasteiger charge is -2.33. The van der Waals surface area contributed by atoms with E-state index in [-0.39, 0.29) is 17.9 Å². The molecule has 5 nitrogen and oxygen atoms in total. The van der Waals surface area contributed by atoms with E-state index in [1.54, 1.807) is 0 Å². The quantitative estimate of drug-likeness (QED) is 0.366. The third kappa shape index (κ3) is 6.24. The molecule has 1 heterocycles. The largest absolute Gasteiger partial charge is 1.00 e. The minimum absolute atomic E-state index is 0. The van der Waals surface area contributed by atoms with Gasteiger partial charge in [-0.25, -0.2) is 0 Å². The van der Waals surface area contributed by atoms with Crippen molar-refractivity contribution >= 4 is 10.8 Å². The molecule has 0 aliphatic heterocycles. The minimum Gasteiger partial charge on any atom is -1.00 e. The fourth-order valence-electron chi connectivity index (χ4n) is 3.92. The van der Waals surface area contributed by atoms with Crippen molar-refractivity contribution in [1.82, 2.24) is 15.0 Å². The molecule has 1 aromatic heterocycles. The van der Waals surface area contributed by atoms with Crippen molar-refractivity contribution in [3.63, 3.8) is 0 Å². The maximum Gasteiger partial charge on any atom is 0.340 e. The van der Waals surface area contributed by atoms with Gasteiger partial charge in [0.05, 0.1) is 10.7 Å². The number of nitrogens with zero attached hydrogens (tertiary/aromatic N) is 4. The van der Waals surface area contributed by atoms with Gasteiger partial charge in [-0.2, -0.15) is 0 Å².